The molecular formula is C34H68Na2O5S. The largest absolute Gasteiger partial charge is 1.00 e. The zero-order chi connectivity index (χ0) is 29.8. The minimum atomic E-state index is -5.17. The van der Waals surface area contributed by atoms with E-state index in [0.29, 0.717) is 0 Å². The maximum absolute atomic E-state index is 8.52. The molecule has 0 atom stereocenters. The number of rotatable bonds is 31. The number of hydrogen-bond acceptors (Lipinski definition) is 5. The molecule has 5 nitrogen and oxygen atoms in total. The fourth-order valence-corrected chi connectivity index (χ4v) is 4.95. The number of ether oxygens (including phenoxy) is 1. The average molecular weight is 635 g/mol. The van der Waals surface area contributed by atoms with Crippen LogP contribution in [0.25, 0.3) is 0 Å². The smallest absolute Gasteiger partial charge is 0.759 e. The first-order valence-corrected chi connectivity index (χ1v) is 18.6. The summed E-state index contributed by atoms with van der Waals surface area (Å²) in [6.07, 6.45) is 44.1. The molecule has 0 spiro atoms. The van der Waals surface area contributed by atoms with Crippen LogP contribution in [0.3, 0.4) is 0 Å². The van der Waals surface area contributed by atoms with Crippen molar-refractivity contribution >= 4 is 10.4 Å². The fraction of sp³-hybridized carbons (Fsp3) is 0.941. The first-order valence-electron chi connectivity index (χ1n) is 17.3. The van der Waals surface area contributed by atoms with Gasteiger partial charge in [-0.15, -0.1) is 0 Å². The van der Waals surface area contributed by atoms with E-state index in [4.69, 9.17) is 22.3 Å². The maximum atomic E-state index is 8.52. The Hall–Kier alpha value is 1.57. The Labute approximate surface area is 308 Å². The van der Waals surface area contributed by atoms with E-state index >= 15 is 0 Å². The Bertz CT molecular complexity index is 580. The third-order valence-corrected chi connectivity index (χ3v) is 7.44. The van der Waals surface area contributed by atoms with Crippen LogP contribution in [0.15, 0.2) is 12.2 Å². The third-order valence-electron chi connectivity index (χ3n) is 7.44. The second-order valence-electron chi connectivity index (χ2n) is 11.6. The van der Waals surface area contributed by atoms with Crippen LogP contribution in [0.5, 0.6) is 0 Å². The van der Waals surface area contributed by atoms with Gasteiger partial charge in [0.25, 0.3) is 0 Å². The van der Waals surface area contributed by atoms with Gasteiger partial charge in [-0.1, -0.05) is 167 Å². The van der Waals surface area contributed by atoms with Gasteiger partial charge in [0, 0.05) is 23.6 Å². The molecule has 42 heavy (non-hydrogen) atoms. The molecule has 0 unspecified atom stereocenters. The van der Waals surface area contributed by atoms with Gasteiger partial charge in [0.15, 0.2) is 0 Å². The molecule has 0 aliphatic heterocycles. The van der Waals surface area contributed by atoms with E-state index in [1.54, 1.807) is 0 Å². The summed E-state index contributed by atoms with van der Waals surface area (Å²) >= 11 is 0. The molecule has 0 bridgehead atoms. The van der Waals surface area contributed by atoms with Gasteiger partial charge in [-0.25, -0.2) is 0 Å². The second kappa shape index (κ2) is 44.7. The Balaban J connectivity index is -0.000000943. The van der Waals surface area contributed by atoms with E-state index in [1.165, 1.54) is 180 Å². The van der Waals surface area contributed by atoms with Crippen LogP contribution in [0.4, 0.5) is 0 Å². The minimum Gasteiger partial charge on any atom is -0.759 e. The van der Waals surface area contributed by atoms with Crippen LogP contribution in [0.2, 0.25) is 0 Å². The van der Waals surface area contributed by atoms with Crippen LogP contribution < -0.4 is 59.1 Å². The van der Waals surface area contributed by atoms with Gasteiger partial charge in [0.2, 0.25) is 0 Å². The molecule has 0 rings (SSSR count). The van der Waals surface area contributed by atoms with E-state index in [0.717, 1.165) is 13.2 Å². The summed E-state index contributed by atoms with van der Waals surface area (Å²) in [5.74, 6) is 0. The van der Waals surface area contributed by atoms with Gasteiger partial charge < -0.3 is 13.8 Å². The Morgan fingerprint density at radius 3 is 0.905 bits per heavy atom. The third kappa shape index (κ3) is 60.7. The van der Waals surface area contributed by atoms with Crippen molar-refractivity contribution in [3.63, 3.8) is 0 Å². The fourth-order valence-electron chi connectivity index (χ4n) is 4.95. The van der Waals surface area contributed by atoms with E-state index in [1.807, 2.05) is 0 Å². The molecule has 0 heterocycles. The summed E-state index contributed by atoms with van der Waals surface area (Å²) in [7, 11) is -5.17. The maximum Gasteiger partial charge on any atom is 1.00 e. The zero-order valence-corrected chi connectivity index (χ0v) is 33.6. The summed E-state index contributed by atoms with van der Waals surface area (Å²) in [4.78, 5) is 0. The van der Waals surface area contributed by atoms with Crippen LogP contribution >= 0.6 is 0 Å². The molecule has 0 saturated carbocycles. The summed E-state index contributed by atoms with van der Waals surface area (Å²) in [6.45, 7) is 6.57. The monoisotopic (exact) mass is 634 g/mol. The average Bonchev–Trinajstić information content (AvgIpc) is 2.91. The van der Waals surface area contributed by atoms with Crippen molar-refractivity contribution in [1.82, 2.24) is 0 Å². The first-order chi connectivity index (χ1) is 19.4. The van der Waals surface area contributed by atoms with E-state index < -0.39 is 10.4 Å². The Morgan fingerprint density at radius 1 is 0.429 bits per heavy atom. The van der Waals surface area contributed by atoms with Crippen LogP contribution in [-0.4, -0.2) is 30.7 Å². The predicted octanol–water partition coefficient (Wildman–Crippen LogP) is 5.19. The number of unbranched alkanes of at least 4 members (excludes halogenated alkanes) is 25. The number of hydrogen-bond donors (Lipinski definition) is 0. The van der Waals surface area contributed by atoms with E-state index in [-0.39, 0.29) is 59.1 Å². The second-order valence-corrected chi connectivity index (χ2v) is 12.4. The molecule has 0 aromatic carbocycles. The van der Waals surface area contributed by atoms with Gasteiger partial charge in [0.1, 0.15) is 0 Å². The van der Waals surface area contributed by atoms with E-state index in [9.17, 15) is 0 Å². The van der Waals surface area contributed by atoms with Crippen molar-refractivity contribution in [2.75, 3.05) is 13.2 Å². The van der Waals surface area contributed by atoms with Crippen LogP contribution in [-0.2, 0) is 15.1 Å². The molecule has 8 heteroatoms. The van der Waals surface area contributed by atoms with Gasteiger partial charge >= 0.3 is 59.1 Å². The van der Waals surface area contributed by atoms with Crippen molar-refractivity contribution in [3.05, 3.63) is 12.2 Å². The van der Waals surface area contributed by atoms with Crippen LogP contribution in [0.1, 0.15) is 194 Å². The molecular weight excluding hydrogens is 566 g/mol. The quantitative estimate of drug-likeness (QED) is 0.0344. The van der Waals surface area contributed by atoms with Gasteiger partial charge in [-0.2, -0.15) is 0 Å². The minimum absolute atomic E-state index is 0. The Morgan fingerprint density at radius 2 is 0.643 bits per heavy atom. The molecule has 0 aromatic rings. The summed E-state index contributed by atoms with van der Waals surface area (Å²) in [5, 5.41) is 0. The standard InChI is InChI=1S/C34H68O.2Na.H2O4S/c1-3-5-7-9-11-13-15-17-19-20-22-24-26-28-30-32-34-35-33-31-29-27-25-23-21-18-16-14-12-10-8-6-4-2;;;1-5(2,3)4/h17,19H,3-16,18,20-34H2,1-2H3;;;(H2,1,2,3,4)/q;2*+1;/p-2/b19-17-;;;. The number of allylic oxidation sites excluding steroid dienone is 2. The normalized spacial score (nSPS) is 11.1. The predicted molar refractivity (Wildman–Crippen MR) is 171 cm³/mol. The Kier molecular flexibility index (Phi) is 53.7. The SMILES string of the molecule is CCCCCCCC/C=C\CCCCCCCCOCCCCCCCCCCCCCCCC.O=S(=O)([O-])[O-].[Na+].[Na+]. The molecule has 242 valence electrons. The molecule has 0 N–H and O–H groups in total. The molecule has 0 radical (unpaired) electrons. The van der Waals surface area contributed by atoms with Crippen molar-refractivity contribution < 1.29 is 81.4 Å². The van der Waals surface area contributed by atoms with Crippen molar-refractivity contribution in [3.8, 4) is 0 Å². The van der Waals surface area contributed by atoms with Gasteiger partial charge in [0.05, 0.1) is 0 Å². The van der Waals surface area contributed by atoms with Gasteiger partial charge in [-0.3, -0.25) is 8.42 Å². The topological polar surface area (TPSA) is 89.5 Å². The van der Waals surface area contributed by atoms with Crippen molar-refractivity contribution in [1.29, 1.82) is 0 Å². The molecule has 0 amide bonds. The summed E-state index contributed by atoms with van der Waals surface area (Å²) in [5.41, 5.74) is 0. The summed E-state index contributed by atoms with van der Waals surface area (Å²) < 4.78 is 39.9. The molecule has 0 saturated heterocycles. The first kappa shape index (κ1) is 50.4. The van der Waals surface area contributed by atoms with Crippen molar-refractivity contribution in [2.45, 2.75) is 194 Å². The molecule has 0 aromatic heterocycles. The van der Waals surface area contributed by atoms with E-state index in [2.05, 4.69) is 26.0 Å². The molecule has 0 aliphatic rings. The molecule has 0 aliphatic carbocycles. The van der Waals surface area contributed by atoms with Gasteiger partial charge in [-0.05, 0) is 38.5 Å². The van der Waals surface area contributed by atoms with Crippen molar-refractivity contribution in [2.24, 2.45) is 0 Å². The summed E-state index contributed by atoms with van der Waals surface area (Å²) in [6, 6.07) is 0. The molecule has 0 fully saturated rings. The zero-order valence-electron chi connectivity index (χ0n) is 28.8. The van der Waals surface area contributed by atoms with Crippen LogP contribution in [0, 0.1) is 0 Å².